The molecule has 24 heavy (non-hydrogen) atoms. The van der Waals surface area contributed by atoms with Crippen LogP contribution in [0.25, 0.3) is 0 Å². The molecule has 0 spiro atoms. The quantitative estimate of drug-likeness (QED) is 0.663. The van der Waals surface area contributed by atoms with Crippen molar-refractivity contribution < 1.29 is 14.2 Å². The molecule has 0 aromatic heterocycles. The minimum Gasteiger partial charge on any atom is -0.454 e. The lowest BCUT2D eigenvalue weighted by molar-refractivity contribution is -0.232. The van der Waals surface area contributed by atoms with Crippen LogP contribution in [0.4, 0.5) is 0 Å². The van der Waals surface area contributed by atoms with E-state index in [9.17, 15) is 0 Å². The van der Waals surface area contributed by atoms with Gasteiger partial charge in [-0.15, -0.1) is 0 Å². The Labute approximate surface area is 152 Å². The van der Waals surface area contributed by atoms with Gasteiger partial charge >= 0.3 is 0 Å². The third kappa shape index (κ3) is 3.14. The fourth-order valence-corrected chi connectivity index (χ4v) is 3.46. The van der Waals surface area contributed by atoms with E-state index in [1.54, 1.807) is 0 Å². The first-order chi connectivity index (χ1) is 11.3. The minimum atomic E-state index is -0.869. The molecule has 0 unspecified atom stereocenters. The molecule has 1 saturated heterocycles. The van der Waals surface area contributed by atoms with Gasteiger partial charge < -0.3 is 14.2 Å². The summed E-state index contributed by atoms with van der Waals surface area (Å²) in [6.45, 7) is 7.26. The predicted octanol–water partition coefficient (Wildman–Crippen LogP) is 6.03. The molecule has 0 amide bonds. The number of halogens is 2. The molecule has 3 nitrogen and oxygen atoms in total. The van der Waals surface area contributed by atoms with Crippen molar-refractivity contribution in [2.24, 2.45) is 5.41 Å². The highest BCUT2D eigenvalue weighted by Crippen LogP contribution is 2.49. The first kappa shape index (κ1) is 17.6. The van der Waals surface area contributed by atoms with Crippen molar-refractivity contribution in [2.75, 3.05) is 13.2 Å². The Morgan fingerprint density at radius 2 is 1.50 bits per heavy atom. The standard InChI is InChI=1S/C19H20Cl2O3/c1-18(2,3)19(22-9-10-23-19)13-11-15(20)17(16(21)12-13)24-14-7-5-4-6-8-14/h4-8,11-12H,9-10H2,1-3H3. The van der Waals surface area contributed by atoms with E-state index in [0.717, 1.165) is 5.56 Å². The van der Waals surface area contributed by atoms with Crippen LogP contribution in [0.5, 0.6) is 11.5 Å². The van der Waals surface area contributed by atoms with E-state index in [1.165, 1.54) is 0 Å². The summed E-state index contributed by atoms with van der Waals surface area (Å²) in [5.74, 6) is 0.231. The van der Waals surface area contributed by atoms with Gasteiger partial charge in [0.05, 0.1) is 23.3 Å². The fraction of sp³-hybridized carbons (Fsp3) is 0.368. The highest BCUT2D eigenvalue weighted by Gasteiger charge is 2.49. The first-order valence-corrected chi connectivity index (χ1v) is 8.59. The SMILES string of the molecule is CC(C)(C)C1(c2cc(Cl)c(Oc3ccccc3)c(Cl)c2)OCCO1. The Bertz CT molecular complexity index is 694. The van der Waals surface area contributed by atoms with Crippen LogP contribution in [-0.4, -0.2) is 13.2 Å². The van der Waals surface area contributed by atoms with E-state index in [2.05, 4.69) is 20.8 Å². The molecule has 5 heteroatoms. The van der Waals surface area contributed by atoms with Gasteiger partial charge in [0, 0.05) is 11.0 Å². The van der Waals surface area contributed by atoms with Gasteiger partial charge in [-0.05, 0) is 24.3 Å². The molecule has 1 heterocycles. The van der Waals surface area contributed by atoms with Crippen molar-refractivity contribution in [3.05, 3.63) is 58.1 Å². The topological polar surface area (TPSA) is 27.7 Å². The van der Waals surface area contributed by atoms with Gasteiger partial charge in [0.15, 0.2) is 11.5 Å². The zero-order chi connectivity index (χ0) is 17.4. The largest absolute Gasteiger partial charge is 0.454 e. The van der Waals surface area contributed by atoms with E-state index in [0.29, 0.717) is 34.8 Å². The van der Waals surface area contributed by atoms with Crippen molar-refractivity contribution in [3.63, 3.8) is 0 Å². The Morgan fingerprint density at radius 3 is 2.00 bits per heavy atom. The summed E-state index contributed by atoms with van der Waals surface area (Å²) >= 11 is 12.9. The summed E-state index contributed by atoms with van der Waals surface area (Å²) in [6, 6.07) is 13.0. The zero-order valence-electron chi connectivity index (χ0n) is 13.9. The average molecular weight is 367 g/mol. The fourth-order valence-electron chi connectivity index (χ4n) is 2.90. The minimum absolute atomic E-state index is 0.280. The summed E-state index contributed by atoms with van der Waals surface area (Å²) in [5.41, 5.74) is 0.515. The van der Waals surface area contributed by atoms with Crippen molar-refractivity contribution in [2.45, 2.75) is 26.6 Å². The van der Waals surface area contributed by atoms with Crippen molar-refractivity contribution in [1.29, 1.82) is 0 Å². The Balaban J connectivity index is 2.01. The molecule has 0 radical (unpaired) electrons. The van der Waals surface area contributed by atoms with E-state index in [4.69, 9.17) is 37.4 Å². The predicted molar refractivity (Wildman–Crippen MR) is 96.0 cm³/mol. The summed E-state index contributed by atoms with van der Waals surface area (Å²) in [4.78, 5) is 0. The average Bonchev–Trinajstić information content (AvgIpc) is 3.02. The zero-order valence-corrected chi connectivity index (χ0v) is 15.4. The second-order valence-corrected chi connectivity index (χ2v) is 7.56. The number of hydrogen-bond donors (Lipinski definition) is 0. The molecule has 3 rings (SSSR count). The third-order valence-electron chi connectivity index (χ3n) is 4.02. The maximum absolute atomic E-state index is 6.45. The van der Waals surface area contributed by atoms with Crippen LogP contribution in [0.15, 0.2) is 42.5 Å². The van der Waals surface area contributed by atoms with Crippen molar-refractivity contribution in [1.82, 2.24) is 0 Å². The molecule has 1 aliphatic rings. The molecule has 0 aliphatic carbocycles. The summed E-state index contributed by atoms with van der Waals surface area (Å²) in [7, 11) is 0. The Kier molecular flexibility index (Phi) is 4.80. The van der Waals surface area contributed by atoms with Gasteiger partial charge in [-0.2, -0.15) is 0 Å². The Hall–Kier alpha value is -1.26. The van der Waals surface area contributed by atoms with Crippen LogP contribution in [0.2, 0.25) is 10.0 Å². The summed E-state index contributed by atoms with van der Waals surface area (Å²) < 4.78 is 17.8. The highest BCUT2D eigenvalue weighted by atomic mass is 35.5. The van der Waals surface area contributed by atoms with E-state index >= 15 is 0 Å². The molecule has 2 aromatic carbocycles. The van der Waals surface area contributed by atoms with Crippen molar-refractivity contribution >= 4 is 23.2 Å². The number of ether oxygens (including phenoxy) is 3. The van der Waals surface area contributed by atoms with Crippen LogP contribution in [-0.2, 0) is 15.3 Å². The highest BCUT2D eigenvalue weighted by molar-refractivity contribution is 6.37. The lowest BCUT2D eigenvalue weighted by atomic mass is 9.81. The molecule has 1 aliphatic heterocycles. The number of para-hydroxylation sites is 1. The van der Waals surface area contributed by atoms with E-state index in [-0.39, 0.29) is 5.41 Å². The summed E-state index contributed by atoms with van der Waals surface area (Å²) in [5, 5.41) is 0.841. The van der Waals surface area contributed by atoms with Crippen molar-refractivity contribution in [3.8, 4) is 11.5 Å². The van der Waals surface area contributed by atoms with Gasteiger partial charge in [0.2, 0.25) is 0 Å². The van der Waals surface area contributed by atoms with Crippen LogP contribution < -0.4 is 4.74 Å². The van der Waals surface area contributed by atoms with E-state index < -0.39 is 5.79 Å². The summed E-state index contributed by atoms with van der Waals surface area (Å²) in [6.07, 6.45) is 0. The van der Waals surface area contributed by atoms with Gasteiger partial charge in [-0.25, -0.2) is 0 Å². The van der Waals surface area contributed by atoms with Crippen LogP contribution in [0, 0.1) is 5.41 Å². The molecule has 0 atom stereocenters. The number of hydrogen-bond acceptors (Lipinski definition) is 3. The van der Waals surface area contributed by atoms with Gasteiger partial charge in [-0.1, -0.05) is 62.2 Å². The molecular formula is C19H20Cl2O3. The van der Waals surface area contributed by atoms with E-state index in [1.807, 2.05) is 42.5 Å². The molecule has 0 N–H and O–H groups in total. The molecular weight excluding hydrogens is 347 g/mol. The molecule has 0 saturated carbocycles. The maximum Gasteiger partial charge on any atom is 0.200 e. The molecule has 1 fully saturated rings. The van der Waals surface area contributed by atoms with Gasteiger partial charge in [0.1, 0.15) is 5.75 Å². The second kappa shape index (κ2) is 6.57. The first-order valence-electron chi connectivity index (χ1n) is 7.84. The number of benzene rings is 2. The number of rotatable bonds is 3. The normalized spacial score (nSPS) is 17.0. The smallest absolute Gasteiger partial charge is 0.200 e. The lowest BCUT2D eigenvalue weighted by Gasteiger charge is -2.40. The third-order valence-corrected chi connectivity index (χ3v) is 4.58. The lowest BCUT2D eigenvalue weighted by Crippen LogP contribution is -2.41. The Morgan fingerprint density at radius 1 is 0.958 bits per heavy atom. The molecule has 128 valence electrons. The molecule has 0 bridgehead atoms. The molecule has 2 aromatic rings. The maximum atomic E-state index is 6.45. The van der Waals surface area contributed by atoms with Gasteiger partial charge in [-0.3, -0.25) is 0 Å². The second-order valence-electron chi connectivity index (χ2n) is 6.75. The van der Waals surface area contributed by atoms with Gasteiger partial charge in [0.25, 0.3) is 0 Å². The van der Waals surface area contributed by atoms with Crippen LogP contribution in [0.3, 0.4) is 0 Å². The van der Waals surface area contributed by atoms with Crippen LogP contribution in [0.1, 0.15) is 26.3 Å². The monoisotopic (exact) mass is 366 g/mol. The van der Waals surface area contributed by atoms with Crippen LogP contribution >= 0.6 is 23.2 Å².